The second kappa shape index (κ2) is 9.92. The van der Waals surface area contributed by atoms with Crippen LogP contribution in [-0.2, 0) is 0 Å². The molecule has 0 aromatic heterocycles. The van der Waals surface area contributed by atoms with Gasteiger partial charge in [0, 0.05) is 28.6 Å². The second-order valence-corrected chi connectivity index (χ2v) is 6.99. The van der Waals surface area contributed by atoms with Crippen LogP contribution < -0.4 is 11.5 Å². The monoisotopic (exact) mass is 436 g/mol. The standard InChI is InChI=1S/C24H20N8O/c25-17-1-5-19(6-2-17)27-28-20-9-11-21(12-10-20)29-30-22-13-15-24(16-14-22)32(33)31-23-7-3-18(26)4-8-23/h1-16H,25-26H2. The molecule has 4 rings (SSSR count). The molecule has 0 saturated heterocycles. The summed E-state index contributed by atoms with van der Waals surface area (Å²) < 4.78 is 0. The number of hydrogen-bond donors (Lipinski definition) is 2. The van der Waals surface area contributed by atoms with Crippen LogP contribution in [0.15, 0.2) is 123 Å². The zero-order chi connectivity index (χ0) is 23.0. The molecule has 0 spiro atoms. The molecule has 0 radical (unpaired) electrons. The fraction of sp³-hybridized carbons (Fsp3) is 0. The van der Waals surface area contributed by atoms with E-state index in [4.69, 9.17) is 11.5 Å². The van der Waals surface area contributed by atoms with Crippen LogP contribution in [0.5, 0.6) is 0 Å². The molecular weight excluding hydrogens is 416 g/mol. The quantitative estimate of drug-likeness (QED) is 0.139. The summed E-state index contributed by atoms with van der Waals surface area (Å²) in [5, 5.41) is 33.0. The van der Waals surface area contributed by atoms with Crippen molar-refractivity contribution in [3.8, 4) is 0 Å². The molecule has 162 valence electrons. The van der Waals surface area contributed by atoms with Gasteiger partial charge in [-0.1, -0.05) is 4.86 Å². The first-order valence-electron chi connectivity index (χ1n) is 9.99. The lowest BCUT2D eigenvalue weighted by Crippen LogP contribution is -1.90. The fourth-order valence-corrected chi connectivity index (χ4v) is 2.71. The van der Waals surface area contributed by atoms with Gasteiger partial charge in [-0.05, 0) is 84.9 Å². The van der Waals surface area contributed by atoms with Crippen LogP contribution >= 0.6 is 0 Å². The minimum absolute atomic E-state index is 0.376. The summed E-state index contributed by atoms with van der Waals surface area (Å²) in [4.78, 5) is 0.546. The van der Waals surface area contributed by atoms with E-state index in [2.05, 4.69) is 25.6 Å². The molecule has 0 bridgehead atoms. The molecule has 4 aromatic rings. The zero-order valence-electron chi connectivity index (χ0n) is 17.5. The van der Waals surface area contributed by atoms with Crippen molar-refractivity contribution in [2.75, 3.05) is 11.5 Å². The molecular formula is C24H20N8O. The van der Waals surface area contributed by atoms with Crippen molar-refractivity contribution >= 4 is 45.5 Å². The van der Waals surface area contributed by atoms with E-state index in [0.29, 0.717) is 50.4 Å². The fourth-order valence-electron chi connectivity index (χ4n) is 2.71. The average Bonchev–Trinajstić information content (AvgIpc) is 2.85. The smallest absolute Gasteiger partial charge is 0.245 e. The summed E-state index contributed by atoms with van der Waals surface area (Å²) in [6.07, 6.45) is 0. The summed E-state index contributed by atoms with van der Waals surface area (Å²) in [6.45, 7) is 0. The van der Waals surface area contributed by atoms with Gasteiger partial charge in [0.25, 0.3) is 0 Å². The molecule has 4 N–H and O–H groups in total. The first-order chi connectivity index (χ1) is 16.0. The highest BCUT2D eigenvalue weighted by atomic mass is 16.5. The van der Waals surface area contributed by atoms with Gasteiger partial charge in [0.2, 0.25) is 5.69 Å². The number of benzene rings is 4. The Balaban J connectivity index is 1.38. The average molecular weight is 436 g/mol. The maximum absolute atomic E-state index is 12.2. The van der Waals surface area contributed by atoms with Crippen molar-refractivity contribution in [2.45, 2.75) is 0 Å². The van der Waals surface area contributed by atoms with Gasteiger partial charge in [-0.25, -0.2) is 0 Å². The molecule has 4 aromatic carbocycles. The number of nitrogen functional groups attached to an aromatic ring is 2. The topological polar surface area (TPSA) is 140 Å². The molecule has 33 heavy (non-hydrogen) atoms. The van der Waals surface area contributed by atoms with Gasteiger partial charge < -0.3 is 16.7 Å². The Morgan fingerprint density at radius 3 is 1.15 bits per heavy atom. The Labute approximate surface area is 190 Å². The molecule has 0 atom stereocenters. The molecule has 9 nitrogen and oxygen atoms in total. The van der Waals surface area contributed by atoms with Crippen molar-refractivity contribution in [1.82, 2.24) is 0 Å². The third kappa shape index (κ3) is 6.05. The maximum atomic E-state index is 12.2. The van der Waals surface area contributed by atoms with Crippen LogP contribution in [0.3, 0.4) is 0 Å². The Kier molecular flexibility index (Phi) is 6.41. The van der Waals surface area contributed by atoms with Gasteiger partial charge in [-0.2, -0.15) is 20.5 Å². The third-order valence-electron chi connectivity index (χ3n) is 4.47. The minimum Gasteiger partial charge on any atom is -0.594 e. The van der Waals surface area contributed by atoms with Crippen LogP contribution in [0, 0.1) is 5.21 Å². The lowest BCUT2D eigenvalue weighted by molar-refractivity contribution is -0.435. The SMILES string of the molecule is Nc1ccc(N=Nc2ccc(N=Nc3ccc([N+]([O-])=Nc4ccc(N)cc4)cc3)cc2)cc1. The van der Waals surface area contributed by atoms with Gasteiger partial charge in [0.05, 0.1) is 22.7 Å². The molecule has 9 heteroatoms. The van der Waals surface area contributed by atoms with E-state index in [1.54, 1.807) is 97.1 Å². The minimum atomic E-state index is 0.376. The molecule has 0 heterocycles. The van der Waals surface area contributed by atoms with Crippen molar-refractivity contribution in [3.05, 3.63) is 102 Å². The van der Waals surface area contributed by atoms with E-state index < -0.39 is 0 Å². The van der Waals surface area contributed by atoms with E-state index in [-0.39, 0.29) is 0 Å². The highest BCUT2D eigenvalue weighted by Gasteiger charge is 2.04. The summed E-state index contributed by atoms with van der Waals surface area (Å²) in [7, 11) is 0. The predicted molar refractivity (Wildman–Crippen MR) is 128 cm³/mol. The van der Waals surface area contributed by atoms with Gasteiger partial charge in [-0.3, -0.25) is 0 Å². The van der Waals surface area contributed by atoms with Crippen molar-refractivity contribution in [1.29, 1.82) is 0 Å². The number of azo groups is 3. The van der Waals surface area contributed by atoms with Crippen molar-refractivity contribution < 1.29 is 4.86 Å². The summed E-state index contributed by atoms with van der Waals surface area (Å²) in [5.41, 5.74) is 16.1. The predicted octanol–water partition coefficient (Wildman–Crippen LogP) is 7.61. The molecule has 0 aliphatic carbocycles. The van der Waals surface area contributed by atoms with E-state index in [1.807, 2.05) is 0 Å². The largest absolute Gasteiger partial charge is 0.594 e. The lowest BCUT2D eigenvalue weighted by atomic mass is 10.3. The van der Waals surface area contributed by atoms with Crippen LogP contribution in [0.4, 0.5) is 45.5 Å². The van der Waals surface area contributed by atoms with E-state index in [9.17, 15) is 5.21 Å². The maximum Gasteiger partial charge on any atom is 0.245 e. The normalized spacial score (nSPS) is 11.9. The lowest BCUT2D eigenvalue weighted by Gasteiger charge is -2.00. The third-order valence-corrected chi connectivity index (χ3v) is 4.47. The summed E-state index contributed by atoms with van der Waals surface area (Å²) >= 11 is 0. The Morgan fingerprint density at radius 1 is 0.455 bits per heavy atom. The number of nitrogens with zero attached hydrogens (tertiary/aromatic N) is 6. The van der Waals surface area contributed by atoms with Crippen LogP contribution in [0.1, 0.15) is 0 Å². The van der Waals surface area contributed by atoms with E-state index in [0.717, 1.165) is 0 Å². The van der Waals surface area contributed by atoms with Crippen molar-refractivity contribution in [2.24, 2.45) is 25.6 Å². The number of anilines is 2. The van der Waals surface area contributed by atoms with Crippen LogP contribution in [-0.4, -0.2) is 4.86 Å². The Bertz CT molecular complexity index is 1290. The Morgan fingerprint density at radius 2 is 0.758 bits per heavy atom. The molecule has 0 aliphatic rings. The van der Waals surface area contributed by atoms with E-state index >= 15 is 0 Å². The van der Waals surface area contributed by atoms with Crippen LogP contribution in [0.25, 0.3) is 0 Å². The van der Waals surface area contributed by atoms with Crippen molar-refractivity contribution in [3.63, 3.8) is 0 Å². The summed E-state index contributed by atoms with van der Waals surface area (Å²) in [6, 6.07) is 27.7. The molecule has 0 saturated carbocycles. The summed E-state index contributed by atoms with van der Waals surface area (Å²) in [5.74, 6) is 0. The van der Waals surface area contributed by atoms with E-state index in [1.165, 1.54) is 0 Å². The highest BCUT2D eigenvalue weighted by Crippen LogP contribution is 2.25. The Hall–Kier alpha value is -4.92. The number of rotatable bonds is 6. The molecule has 0 aliphatic heterocycles. The first-order valence-corrected chi connectivity index (χ1v) is 9.99. The zero-order valence-corrected chi connectivity index (χ0v) is 17.5. The molecule has 0 amide bonds. The van der Waals surface area contributed by atoms with Crippen LogP contribution in [0.2, 0.25) is 0 Å². The van der Waals surface area contributed by atoms with Gasteiger partial charge in [0.15, 0.2) is 0 Å². The van der Waals surface area contributed by atoms with Gasteiger partial charge in [0.1, 0.15) is 5.69 Å². The first kappa shape index (κ1) is 21.3. The van der Waals surface area contributed by atoms with Gasteiger partial charge in [-0.15, -0.1) is 0 Å². The molecule has 0 fully saturated rings. The molecule has 0 unspecified atom stereocenters. The van der Waals surface area contributed by atoms with Gasteiger partial charge >= 0.3 is 0 Å². The number of nitrogens with two attached hydrogens (primary N) is 2. The second-order valence-electron chi connectivity index (χ2n) is 6.99. The highest BCUT2D eigenvalue weighted by molar-refractivity contribution is 5.51. The number of hydrogen-bond acceptors (Lipinski definition) is 8.